The van der Waals surface area contributed by atoms with Crippen LogP contribution in [0.3, 0.4) is 0 Å². The van der Waals surface area contributed by atoms with Gasteiger partial charge in [-0.1, -0.05) is 0 Å². The van der Waals surface area contributed by atoms with Crippen molar-refractivity contribution in [3.05, 3.63) is 29.1 Å². The first kappa shape index (κ1) is 17.6. The Morgan fingerprint density at radius 3 is 2.00 bits per heavy atom. The first-order chi connectivity index (χ1) is 10.9. The fourth-order valence-electron chi connectivity index (χ4n) is 1.99. The highest BCUT2D eigenvalue weighted by Crippen LogP contribution is 2.29. The molecular formula is C14H13F5O4. The molecule has 1 heterocycles. The van der Waals surface area contributed by atoms with E-state index in [-0.39, 0.29) is 19.1 Å². The summed E-state index contributed by atoms with van der Waals surface area (Å²) in [6, 6.07) is 0. The zero-order chi connectivity index (χ0) is 17.0. The molecule has 1 saturated heterocycles. The van der Waals surface area contributed by atoms with Gasteiger partial charge in [0.05, 0.1) is 13.2 Å². The molecule has 1 aliphatic heterocycles. The Morgan fingerprint density at radius 1 is 0.913 bits per heavy atom. The molecule has 128 valence electrons. The quantitative estimate of drug-likeness (QED) is 0.199. The predicted octanol–water partition coefficient (Wildman–Crippen LogP) is 3.22. The summed E-state index contributed by atoms with van der Waals surface area (Å²) in [6.45, 7) is 0.986. The first-order valence-electron chi connectivity index (χ1n) is 6.87. The number of halogens is 5. The molecule has 0 amide bonds. The Kier molecular flexibility index (Phi) is 5.89. The molecule has 23 heavy (non-hydrogen) atoms. The van der Waals surface area contributed by atoms with Crippen LogP contribution in [0.5, 0.6) is 5.75 Å². The van der Waals surface area contributed by atoms with Crippen molar-refractivity contribution < 1.29 is 41.0 Å². The van der Waals surface area contributed by atoms with Crippen molar-refractivity contribution in [2.24, 2.45) is 0 Å². The van der Waals surface area contributed by atoms with Crippen molar-refractivity contribution >= 4 is 5.97 Å². The lowest BCUT2D eigenvalue weighted by Crippen LogP contribution is -2.13. The summed E-state index contributed by atoms with van der Waals surface area (Å²) in [4.78, 5) is 11.5. The number of carbonyl (C=O) groups is 1. The van der Waals surface area contributed by atoms with Crippen molar-refractivity contribution in [1.29, 1.82) is 0 Å². The second-order valence-electron chi connectivity index (χ2n) is 4.79. The number of carbonyl (C=O) groups excluding carboxylic acids is 1. The minimum absolute atomic E-state index is 0.244. The van der Waals surface area contributed by atoms with Crippen molar-refractivity contribution in [2.75, 3.05) is 13.2 Å². The lowest BCUT2D eigenvalue weighted by molar-refractivity contribution is -0.135. The van der Waals surface area contributed by atoms with Gasteiger partial charge in [-0.25, -0.2) is 13.2 Å². The summed E-state index contributed by atoms with van der Waals surface area (Å²) in [5.74, 6) is -13.7. The van der Waals surface area contributed by atoms with E-state index >= 15 is 0 Å². The highest BCUT2D eigenvalue weighted by Gasteiger charge is 2.28. The molecule has 1 aromatic carbocycles. The van der Waals surface area contributed by atoms with E-state index in [1.807, 2.05) is 0 Å². The molecule has 0 radical (unpaired) electrons. The third-order valence-electron chi connectivity index (χ3n) is 3.15. The molecule has 0 unspecified atom stereocenters. The highest BCUT2D eigenvalue weighted by molar-refractivity contribution is 5.72. The van der Waals surface area contributed by atoms with Crippen molar-refractivity contribution in [3.63, 3.8) is 0 Å². The number of hydrogen-bond acceptors (Lipinski definition) is 4. The van der Waals surface area contributed by atoms with Crippen molar-refractivity contribution in [1.82, 2.24) is 0 Å². The number of benzene rings is 1. The first-order valence-corrected chi connectivity index (χ1v) is 6.87. The Balaban J connectivity index is 1.87. The molecule has 0 bridgehead atoms. The smallest absolute Gasteiger partial charge is 0.311 e. The summed E-state index contributed by atoms with van der Waals surface area (Å²) in [5.41, 5.74) is 0. The van der Waals surface area contributed by atoms with Crippen molar-refractivity contribution in [2.45, 2.75) is 32.0 Å². The zero-order valence-electron chi connectivity index (χ0n) is 11.8. The van der Waals surface area contributed by atoms with Gasteiger partial charge >= 0.3 is 5.97 Å². The Morgan fingerprint density at radius 2 is 1.43 bits per heavy atom. The van der Waals surface area contributed by atoms with Gasteiger partial charge in [-0.3, -0.25) is 4.79 Å². The van der Waals surface area contributed by atoms with E-state index in [2.05, 4.69) is 4.74 Å². The largest absolute Gasteiger partial charge is 0.420 e. The second-order valence-corrected chi connectivity index (χ2v) is 4.79. The van der Waals surface area contributed by atoms with Crippen LogP contribution in [0.4, 0.5) is 22.0 Å². The number of unbranched alkanes of at least 4 members (excludes halogenated alkanes) is 1. The highest BCUT2D eigenvalue weighted by atomic mass is 19.2. The third-order valence-corrected chi connectivity index (χ3v) is 3.15. The Bertz CT molecular complexity index is 558. The predicted molar refractivity (Wildman–Crippen MR) is 66.0 cm³/mol. The van der Waals surface area contributed by atoms with Crippen LogP contribution in [0.25, 0.3) is 0 Å². The molecule has 0 aromatic heterocycles. The average Bonchev–Trinajstić information content (AvgIpc) is 3.05. The van der Waals surface area contributed by atoms with Crippen LogP contribution >= 0.6 is 0 Å². The SMILES string of the molecule is O=C(CCCCC1OCCO1)Oc1c(F)c(F)c(F)c(F)c1F. The molecule has 0 saturated carbocycles. The van der Waals surface area contributed by atoms with E-state index in [9.17, 15) is 26.7 Å². The van der Waals surface area contributed by atoms with Crippen molar-refractivity contribution in [3.8, 4) is 5.75 Å². The number of rotatable bonds is 6. The van der Waals surface area contributed by atoms with E-state index < -0.39 is 40.8 Å². The van der Waals surface area contributed by atoms with E-state index in [4.69, 9.17) is 9.47 Å². The summed E-state index contributed by atoms with van der Waals surface area (Å²) in [7, 11) is 0. The standard InChI is InChI=1S/C14H13F5O4/c15-9-10(16)12(18)14(13(19)11(9)17)23-7(20)3-1-2-4-8-21-5-6-22-8/h8H,1-6H2. The molecule has 9 heteroatoms. The van der Waals surface area contributed by atoms with E-state index in [0.717, 1.165) is 0 Å². The van der Waals surface area contributed by atoms with Gasteiger partial charge in [-0.05, 0) is 19.3 Å². The average molecular weight is 340 g/mol. The summed E-state index contributed by atoms with van der Waals surface area (Å²) in [5, 5.41) is 0. The molecule has 1 fully saturated rings. The Labute approximate surface area is 128 Å². The van der Waals surface area contributed by atoms with Crippen LogP contribution < -0.4 is 4.74 Å². The molecule has 1 aliphatic rings. The van der Waals surface area contributed by atoms with Crippen LogP contribution in [0.2, 0.25) is 0 Å². The molecule has 1 aromatic rings. The van der Waals surface area contributed by atoms with Gasteiger partial charge < -0.3 is 14.2 Å². The Hall–Kier alpha value is -1.74. The monoisotopic (exact) mass is 340 g/mol. The number of esters is 1. The van der Waals surface area contributed by atoms with Crippen LogP contribution in [0, 0.1) is 29.1 Å². The van der Waals surface area contributed by atoms with Gasteiger partial charge in [-0.15, -0.1) is 0 Å². The van der Waals surface area contributed by atoms with Crippen LogP contribution in [-0.4, -0.2) is 25.5 Å². The van der Waals surface area contributed by atoms with Crippen LogP contribution in [0.15, 0.2) is 0 Å². The molecule has 0 N–H and O–H groups in total. The van der Waals surface area contributed by atoms with Gasteiger partial charge in [0.25, 0.3) is 0 Å². The lowest BCUT2D eigenvalue weighted by Gasteiger charge is -2.10. The minimum atomic E-state index is -2.31. The van der Waals surface area contributed by atoms with Crippen LogP contribution in [0.1, 0.15) is 25.7 Å². The molecule has 2 rings (SSSR count). The zero-order valence-corrected chi connectivity index (χ0v) is 11.8. The fourth-order valence-corrected chi connectivity index (χ4v) is 1.99. The molecule has 0 atom stereocenters. The normalized spacial score (nSPS) is 15.2. The van der Waals surface area contributed by atoms with Gasteiger partial charge in [-0.2, -0.15) is 8.78 Å². The van der Waals surface area contributed by atoms with Gasteiger partial charge in [0.15, 0.2) is 6.29 Å². The molecule has 0 spiro atoms. The van der Waals surface area contributed by atoms with Crippen LogP contribution in [-0.2, 0) is 14.3 Å². The molecule has 0 aliphatic carbocycles. The van der Waals surface area contributed by atoms with Gasteiger partial charge in [0, 0.05) is 6.42 Å². The fraction of sp³-hybridized carbons (Fsp3) is 0.500. The number of hydrogen-bond donors (Lipinski definition) is 0. The topological polar surface area (TPSA) is 44.8 Å². The minimum Gasteiger partial charge on any atom is -0.420 e. The third kappa shape index (κ3) is 4.17. The maximum absolute atomic E-state index is 13.3. The van der Waals surface area contributed by atoms with E-state index in [0.29, 0.717) is 26.1 Å². The summed E-state index contributed by atoms with van der Waals surface area (Å²) in [6.07, 6.45) is 0.734. The lowest BCUT2D eigenvalue weighted by atomic mass is 10.2. The number of ether oxygens (including phenoxy) is 3. The van der Waals surface area contributed by atoms with Gasteiger partial charge in [0.1, 0.15) is 0 Å². The molecular weight excluding hydrogens is 327 g/mol. The van der Waals surface area contributed by atoms with Gasteiger partial charge in [0.2, 0.25) is 34.8 Å². The maximum Gasteiger partial charge on any atom is 0.311 e. The van der Waals surface area contributed by atoms with E-state index in [1.54, 1.807) is 0 Å². The molecule has 4 nitrogen and oxygen atoms in total. The van der Waals surface area contributed by atoms with E-state index in [1.165, 1.54) is 0 Å². The second kappa shape index (κ2) is 7.69. The summed E-state index contributed by atoms with van der Waals surface area (Å²) < 4.78 is 80.0. The summed E-state index contributed by atoms with van der Waals surface area (Å²) >= 11 is 0. The maximum atomic E-state index is 13.3.